The minimum absolute atomic E-state index is 0.0584. The van der Waals surface area contributed by atoms with Crippen LogP contribution < -0.4 is 0 Å². The summed E-state index contributed by atoms with van der Waals surface area (Å²) in [5.41, 5.74) is 2.35. The Morgan fingerprint density at radius 1 is 0.968 bits per heavy atom. The third-order valence-corrected chi connectivity index (χ3v) is 11.4. The second-order valence-corrected chi connectivity index (χ2v) is 13.3. The molecule has 4 rings (SSSR count). The molecule has 0 spiro atoms. The Bertz CT molecular complexity index is 680. The summed E-state index contributed by atoms with van der Waals surface area (Å²) >= 11 is 0. The van der Waals surface area contributed by atoms with Crippen LogP contribution in [0.5, 0.6) is 0 Å². The summed E-state index contributed by atoms with van der Waals surface area (Å²) in [6, 6.07) is 0. The summed E-state index contributed by atoms with van der Waals surface area (Å²) in [6.45, 7) is 14.8. The first-order valence-corrected chi connectivity index (χ1v) is 13.6. The summed E-state index contributed by atoms with van der Waals surface area (Å²) in [4.78, 5) is 0. The van der Waals surface area contributed by atoms with Crippen LogP contribution in [0, 0.1) is 51.8 Å². The van der Waals surface area contributed by atoms with Gasteiger partial charge in [-0.25, -0.2) is 0 Å². The Morgan fingerprint density at radius 2 is 1.71 bits per heavy atom. The Balaban J connectivity index is 1.50. The average molecular weight is 431 g/mol. The molecule has 0 radical (unpaired) electrons. The molecule has 2 nitrogen and oxygen atoms in total. The minimum atomic E-state index is -0.178. The van der Waals surface area contributed by atoms with E-state index >= 15 is 0 Å². The molecule has 2 heteroatoms. The van der Waals surface area contributed by atoms with E-state index in [-0.39, 0.29) is 11.5 Å². The monoisotopic (exact) mass is 430 g/mol. The lowest BCUT2D eigenvalue weighted by molar-refractivity contribution is -0.0782. The second kappa shape index (κ2) is 8.46. The van der Waals surface area contributed by atoms with Crippen LogP contribution in [0.25, 0.3) is 0 Å². The molecule has 0 aromatic heterocycles. The van der Waals surface area contributed by atoms with Gasteiger partial charge in [-0.2, -0.15) is 0 Å². The number of hydrogen-bond acceptors (Lipinski definition) is 2. The molecule has 2 N–H and O–H groups in total. The molecule has 3 fully saturated rings. The summed E-state index contributed by atoms with van der Waals surface area (Å²) in [5.74, 6) is 4.70. The Labute approximate surface area is 192 Å². The van der Waals surface area contributed by atoms with Gasteiger partial charge >= 0.3 is 0 Å². The van der Waals surface area contributed by atoms with E-state index in [9.17, 15) is 10.2 Å². The molecular formula is C29H50O2. The fraction of sp³-hybridized carbons (Fsp3) is 0.931. The zero-order valence-corrected chi connectivity index (χ0v) is 21.3. The van der Waals surface area contributed by atoms with Gasteiger partial charge in [0.15, 0.2) is 0 Å². The Hall–Kier alpha value is -0.340. The van der Waals surface area contributed by atoms with Gasteiger partial charge < -0.3 is 10.2 Å². The van der Waals surface area contributed by atoms with E-state index < -0.39 is 0 Å². The molecule has 3 saturated carbocycles. The van der Waals surface area contributed by atoms with Crippen molar-refractivity contribution in [1.29, 1.82) is 0 Å². The van der Waals surface area contributed by atoms with Crippen LogP contribution in [-0.2, 0) is 0 Å². The van der Waals surface area contributed by atoms with E-state index in [1.165, 1.54) is 57.8 Å². The van der Waals surface area contributed by atoms with E-state index in [0.29, 0.717) is 23.4 Å². The van der Waals surface area contributed by atoms with Gasteiger partial charge in [0.2, 0.25) is 0 Å². The largest absolute Gasteiger partial charge is 0.396 e. The van der Waals surface area contributed by atoms with Gasteiger partial charge in [0, 0.05) is 12.0 Å². The van der Waals surface area contributed by atoms with Crippen molar-refractivity contribution in [2.24, 2.45) is 51.8 Å². The molecule has 0 saturated heterocycles. The SMILES string of the molecule is CC(CO)CCC[C@@H](C)[C@H]1CC[C@H]2[C@@H]3CC=C4C(C)(C)[C@@H](O)CC[C@]4(C)[C@H]3CC[C@]12C. The van der Waals surface area contributed by atoms with Crippen molar-refractivity contribution in [2.75, 3.05) is 6.61 Å². The van der Waals surface area contributed by atoms with Crippen LogP contribution in [0.15, 0.2) is 11.6 Å². The molecule has 0 heterocycles. The standard InChI is InChI=1S/C29H50O2/c1-19(18-30)8-7-9-20(2)22-11-12-23-21-10-13-25-27(3,4)26(31)15-17-29(25,6)24(21)14-16-28(22,23)5/h13,19-24,26,30-31H,7-12,14-18H2,1-6H3/t19?,20-,21+,22-,23+,24+,26+,28-,29-/m1/s1. The Morgan fingerprint density at radius 3 is 2.42 bits per heavy atom. The number of aliphatic hydroxyl groups excluding tert-OH is 2. The topological polar surface area (TPSA) is 40.5 Å². The smallest absolute Gasteiger partial charge is 0.0628 e. The van der Waals surface area contributed by atoms with Crippen molar-refractivity contribution in [3.05, 3.63) is 11.6 Å². The van der Waals surface area contributed by atoms with Gasteiger partial charge in [0.1, 0.15) is 0 Å². The van der Waals surface area contributed by atoms with Gasteiger partial charge in [-0.1, -0.05) is 66.0 Å². The van der Waals surface area contributed by atoms with Crippen molar-refractivity contribution < 1.29 is 10.2 Å². The molecule has 31 heavy (non-hydrogen) atoms. The van der Waals surface area contributed by atoms with Crippen LogP contribution in [0.3, 0.4) is 0 Å². The lowest BCUT2D eigenvalue weighted by Crippen LogP contribution is -2.54. The molecule has 0 aromatic carbocycles. The molecule has 4 aliphatic carbocycles. The molecule has 1 unspecified atom stereocenters. The average Bonchev–Trinajstić information content (AvgIpc) is 3.08. The molecule has 0 aliphatic heterocycles. The highest BCUT2D eigenvalue weighted by atomic mass is 16.3. The van der Waals surface area contributed by atoms with E-state index in [2.05, 4.69) is 47.6 Å². The number of allylic oxidation sites excluding steroid dienone is 1. The number of fused-ring (bicyclic) bond motifs is 5. The van der Waals surface area contributed by atoms with Crippen LogP contribution in [0.1, 0.15) is 106 Å². The van der Waals surface area contributed by atoms with Crippen LogP contribution in [-0.4, -0.2) is 22.9 Å². The summed E-state index contributed by atoms with van der Waals surface area (Å²) in [7, 11) is 0. The van der Waals surface area contributed by atoms with E-state index in [1.807, 2.05) is 0 Å². The van der Waals surface area contributed by atoms with Crippen molar-refractivity contribution in [1.82, 2.24) is 0 Å². The predicted octanol–water partition coefficient (Wildman–Crippen LogP) is 7.00. The van der Waals surface area contributed by atoms with E-state index in [0.717, 1.165) is 36.0 Å². The van der Waals surface area contributed by atoms with Crippen molar-refractivity contribution in [3.8, 4) is 0 Å². The number of hydrogen-bond donors (Lipinski definition) is 2. The number of rotatable bonds is 6. The predicted molar refractivity (Wildman–Crippen MR) is 130 cm³/mol. The van der Waals surface area contributed by atoms with E-state index in [4.69, 9.17) is 0 Å². The van der Waals surface area contributed by atoms with Crippen molar-refractivity contribution in [3.63, 3.8) is 0 Å². The highest BCUT2D eigenvalue weighted by molar-refractivity contribution is 5.31. The molecule has 0 bridgehead atoms. The van der Waals surface area contributed by atoms with Gasteiger partial charge in [-0.15, -0.1) is 0 Å². The summed E-state index contributed by atoms with van der Waals surface area (Å²) in [6.07, 6.45) is 15.3. The lowest BCUT2D eigenvalue weighted by Gasteiger charge is -2.61. The Kier molecular flexibility index (Phi) is 6.50. The zero-order chi connectivity index (χ0) is 22.6. The third kappa shape index (κ3) is 3.76. The highest BCUT2D eigenvalue weighted by Crippen LogP contribution is 2.68. The molecule has 0 amide bonds. The minimum Gasteiger partial charge on any atom is -0.396 e. The van der Waals surface area contributed by atoms with Gasteiger partial charge in [-0.3, -0.25) is 0 Å². The second-order valence-electron chi connectivity index (χ2n) is 13.3. The van der Waals surface area contributed by atoms with Crippen molar-refractivity contribution >= 4 is 0 Å². The molecule has 0 aromatic rings. The van der Waals surface area contributed by atoms with Crippen LogP contribution in [0.2, 0.25) is 0 Å². The summed E-state index contributed by atoms with van der Waals surface area (Å²) in [5, 5.41) is 20.1. The fourth-order valence-corrected chi connectivity index (χ4v) is 9.45. The maximum absolute atomic E-state index is 10.7. The van der Waals surface area contributed by atoms with Crippen LogP contribution in [0.4, 0.5) is 0 Å². The fourth-order valence-electron chi connectivity index (χ4n) is 9.45. The van der Waals surface area contributed by atoms with Gasteiger partial charge in [0.05, 0.1) is 6.10 Å². The molecule has 4 aliphatic rings. The first-order chi connectivity index (χ1) is 14.6. The molecule has 9 atom stereocenters. The maximum atomic E-state index is 10.7. The molecular weight excluding hydrogens is 380 g/mol. The van der Waals surface area contributed by atoms with Crippen LogP contribution >= 0.6 is 0 Å². The molecule has 178 valence electrons. The van der Waals surface area contributed by atoms with E-state index in [1.54, 1.807) is 5.57 Å². The van der Waals surface area contributed by atoms with Crippen molar-refractivity contribution in [2.45, 2.75) is 112 Å². The van der Waals surface area contributed by atoms with Gasteiger partial charge in [-0.05, 0) is 97.7 Å². The highest BCUT2D eigenvalue weighted by Gasteiger charge is 2.61. The van der Waals surface area contributed by atoms with Gasteiger partial charge in [0.25, 0.3) is 0 Å². The maximum Gasteiger partial charge on any atom is 0.0628 e. The number of aliphatic hydroxyl groups is 2. The first-order valence-electron chi connectivity index (χ1n) is 13.6. The zero-order valence-electron chi connectivity index (χ0n) is 21.3. The quantitative estimate of drug-likeness (QED) is 0.445. The summed E-state index contributed by atoms with van der Waals surface area (Å²) < 4.78 is 0. The normalized spacial score (nSPS) is 45.8. The third-order valence-electron chi connectivity index (χ3n) is 11.4. The first kappa shape index (κ1) is 23.8. The lowest BCUT2D eigenvalue weighted by atomic mass is 9.44.